The Morgan fingerprint density at radius 1 is 1.50 bits per heavy atom. The molecule has 0 fully saturated rings. The first kappa shape index (κ1) is 14.2. The number of hydrogen-bond acceptors (Lipinski definition) is 6. The third-order valence-corrected chi connectivity index (χ3v) is 2.50. The summed E-state index contributed by atoms with van der Waals surface area (Å²) in [5.74, 6) is -2.25. The largest absolute Gasteiger partial charge is 0.550 e. The summed E-state index contributed by atoms with van der Waals surface area (Å²) in [4.78, 5) is 22.2. The summed E-state index contributed by atoms with van der Waals surface area (Å²) in [7, 11) is 0. The Kier molecular flexibility index (Phi) is 4.91. The Bertz CT molecular complexity index is 424. The lowest BCUT2D eigenvalue weighted by molar-refractivity contribution is -0.312. The van der Waals surface area contributed by atoms with Crippen LogP contribution in [0.3, 0.4) is 0 Å². The van der Waals surface area contributed by atoms with E-state index in [1.165, 1.54) is 12.1 Å². The first-order valence-electron chi connectivity index (χ1n) is 5.68. The van der Waals surface area contributed by atoms with Gasteiger partial charge in [-0.15, -0.1) is 0 Å². The van der Waals surface area contributed by atoms with E-state index in [0.717, 1.165) is 0 Å². The van der Waals surface area contributed by atoms with Gasteiger partial charge in [-0.2, -0.15) is 0 Å². The van der Waals surface area contributed by atoms with Crippen LogP contribution in [0.1, 0.15) is 30.2 Å². The molecule has 1 aromatic heterocycles. The molecular weight excluding hydrogens is 238 g/mol. The predicted octanol–water partition coefficient (Wildman–Crippen LogP) is -0.288. The SMILES string of the molecule is CCOC(=O)c1ccc(CC(C(=O)[O-])C(C)N)o1. The van der Waals surface area contributed by atoms with E-state index < -0.39 is 23.9 Å². The monoisotopic (exact) mass is 254 g/mol. The summed E-state index contributed by atoms with van der Waals surface area (Å²) in [6.07, 6.45) is 0.0827. The quantitative estimate of drug-likeness (QED) is 0.699. The zero-order chi connectivity index (χ0) is 13.7. The van der Waals surface area contributed by atoms with Crippen molar-refractivity contribution < 1.29 is 23.8 Å². The van der Waals surface area contributed by atoms with Gasteiger partial charge in [0.1, 0.15) is 5.76 Å². The molecule has 0 amide bonds. The molecule has 0 radical (unpaired) electrons. The fourth-order valence-corrected chi connectivity index (χ4v) is 1.50. The number of carboxylic acids is 1. The molecule has 2 atom stereocenters. The van der Waals surface area contributed by atoms with Crippen LogP contribution in [0, 0.1) is 5.92 Å². The number of aliphatic carboxylic acids is 1. The van der Waals surface area contributed by atoms with E-state index >= 15 is 0 Å². The first-order valence-corrected chi connectivity index (χ1v) is 5.68. The number of ether oxygens (including phenoxy) is 1. The Hall–Kier alpha value is -1.82. The highest BCUT2D eigenvalue weighted by atomic mass is 16.5. The number of carboxylic acid groups (broad SMARTS) is 1. The van der Waals surface area contributed by atoms with E-state index in [4.69, 9.17) is 14.9 Å². The molecule has 0 aliphatic carbocycles. The minimum Gasteiger partial charge on any atom is -0.550 e. The molecule has 100 valence electrons. The number of furan rings is 1. The van der Waals surface area contributed by atoms with Gasteiger partial charge < -0.3 is 24.8 Å². The van der Waals surface area contributed by atoms with Crippen molar-refractivity contribution in [3.63, 3.8) is 0 Å². The molecule has 2 unspecified atom stereocenters. The molecule has 0 aliphatic rings. The van der Waals surface area contributed by atoms with Gasteiger partial charge in [0.05, 0.1) is 6.61 Å². The highest BCUT2D eigenvalue weighted by Crippen LogP contribution is 2.15. The number of carbonyl (C=O) groups excluding carboxylic acids is 2. The first-order chi connectivity index (χ1) is 8.45. The average molecular weight is 254 g/mol. The molecule has 1 heterocycles. The minimum atomic E-state index is -1.24. The van der Waals surface area contributed by atoms with Crippen molar-refractivity contribution in [1.82, 2.24) is 0 Å². The third-order valence-electron chi connectivity index (χ3n) is 2.50. The van der Waals surface area contributed by atoms with Gasteiger partial charge in [0.25, 0.3) is 0 Å². The Morgan fingerprint density at radius 3 is 2.67 bits per heavy atom. The zero-order valence-corrected chi connectivity index (χ0v) is 10.3. The normalized spacial score (nSPS) is 13.9. The summed E-state index contributed by atoms with van der Waals surface area (Å²) in [6.45, 7) is 3.51. The molecule has 1 rings (SSSR count). The fraction of sp³-hybridized carbons (Fsp3) is 0.500. The molecule has 6 heteroatoms. The minimum absolute atomic E-state index is 0.0497. The van der Waals surface area contributed by atoms with Gasteiger partial charge in [-0.3, -0.25) is 0 Å². The predicted molar refractivity (Wildman–Crippen MR) is 60.5 cm³/mol. The third kappa shape index (κ3) is 3.59. The smallest absolute Gasteiger partial charge is 0.374 e. The lowest BCUT2D eigenvalue weighted by atomic mass is 9.97. The average Bonchev–Trinajstić information content (AvgIpc) is 2.73. The van der Waals surface area contributed by atoms with Crippen LogP contribution >= 0.6 is 0 Å². The van der Waals surface area contributed by atoms with E-state index in [1.807, 2.05) is 0 Å². The van der Waals surface area contributed by atoms with E-state index in [9.17, 15) is 14.7 Å². The van der Waals surface area contributed by atoms with E-state index in [0.29, 0.717) is 5.76 Å². The summed E-state index contributed by atoms with van der Waals surface area (Å²) >= 11 is 0. The summed E-state index contributed by atoms with van der Waals surface area (Å²) in [5.41, 5.74) is 5.55. The van der Waals surface area contributed by atoms with Crippen molar-refractivity contribution >= 4 is 11.9 Å². The highest BCUT2D eigenvalue weighted by molar-refractivity contribution is 5.86. The van der Waals surface area contributed by atoms with Crippen LogP contribution in [0.15, 0.2) is 16.5 Å². The van der Waals surface area contributed by atoms with Crippen molar-refractivity contribution in [2.45, 2.75) is 26.3 Å². The van der Waals surface area contributed by atoms with Crippen LogP contribution in [-0.2, 0) is 16.0 Å². The van der Waals surface area contributed by atoms with Crippen LogP contribution in [0.5, 0.6) is 0 Å². The summed E-state index contributed by atoms with van der Waals surface area (Å²) < 4.78 is 9.96. The molecule has 0 saturated carbocycles. The summed E-state index contributed by atoms with van der Waals surface area (Å²) in [5, 5.41) is 10.9. The van der Waals surface area contributed by atoms with Gasteiger partial charge in [0.15, 0.2) is 0 Å². The second kappa shape index (κ2) is 6.20. The van der Waals surface area contributed by atoms with Crippen molar-refractivity contribution in [3.8, 4) is 0 Å². The van der Waals surface area contributed by atoms with E-state index in [-0.39, 0.29) is 18.8 Å². The van der Waals surface area contributed by atoms with Gasteiger partial charge in [0, 0.05) is 24.3 Å². The Labute approximate surface area is 105 Å². The fourth-order valence-electron chi connectivity index (χ4n) is 1.50. The molecule has 1 aromatic rings. The lowest BCUT2D eigenvalue weighted by Gasteiger charge is -2.20. The van der Waals surface area contributed by atoms with Gasteiger partial charge >= 0.3 is 5.97 Å². The highest BCUT2D eigenvalue weighted by Gasteiger charge is 2.19. The van der Waals surface area contributed by atoms with Gasteiger partial charge in [0.2, 0.25) is 5.76 Å². The Morgan fingerprint density at radius 2 is 2.17 bits per heavy atom. The van der Waals surface area contributed by atoms with Gasteiger partial charge in [-0.1, -0.05) is 0 Å². The number of nitrogens with two attached hydrogens (primary N) is 1. The van der Waals surface area contributed by atoms with Crippen molar-refractivity contribution in [2.24, 2.45) is 11.7 Å². The maximum atomic E-state index is 11.3. The second-order valence-corrected chi connectivity index (χ2v) is 3.98. The van der Waals surface area contributed by atoms with Crippen molar-refractivity contribution in [1.29, 1.82) is 0 Å². The molecule has 18 heavy (non-hydrogen) atoms. The van der Waals surface area contributed by atoms with E-state index in [1.54, 1.807) is 13.8 Å². The van der Waals surface area contributed by atoms with Crippen molar-refractivity contribution in [2.75, 3.05) is 6.61 Å². The molecule has 0 saturated heterocycles. The molecule has 0 aromatic carbocycles. The van der Waals surface area contributed by atoms with Crippen LogP contribution < -0.4 is 10.8 Å². The van der Waals surface area contributed by atoms with Crippen LogP contribution in [0.4, 0.5) is 0 Å². The molecular formula is C12H16NO5-. The molecule has 0 aliphatic heterocycles. The number of hydrogen-bond donors (Lipinski definition) is 1. The van der Waals surface area contributed by atoms with Gasteiger partial charge in [-0.05, 0) is 26.0 Å². The summed E-state index contributed by atoms with van der Waals surface area (Å²) in [6, 6.07) is 2.41. The maximum Gasteiger partial charge on any atom is 0.374 e. The standard InChI is InChI=1S/C12H17NO5/c1-3-17-12(16)10-5-4-8(18-10)6-9(7(2)13)11(14)15/h4-5,7,9H,3,6,13H2,1-2H3,(H,14,15)/p-1. The molecule has 0 spiro atoms. The van der Waals surface area contributed by atoms with Crippen LogP contribution in [-0.4, -0.2) is 24.6 Å². The van der Waals surface area contributed by atoms with E-state index in [2.05, 4.69) is 0 Å². The lowest BCUT2D eigenvalue weighted by Crippen LogP contribution is -2.42. The zero-order valence-electron chi connectivity index (χ0n) is 10.3. The topological polar surface area (TPSA) is 106 Å². The number of esters is 1. The Balaban J connectivity index is 2.74. The molecule has 0 bridgehead atoms. The van der Waals surface area contributed by atoms with Crippen LogP contribution in [0.25, 0.3) is 0 Å². The maximum absolute atomic E-state index is 11.3. The number of carbonyl (C=O) groups is 2. The second-order valence-electron chi connectivity index (χ2n) is 3.98. The van der Waals surface area contributed by atoms with Gasteiger partial charge in [-0.25, -0.2) is 4.79 Å². The molecule has 6 nitrogen and oxygen atoms in total. The van der Waals surface area contributed by atoms with Crippen molar-refractivity contribution in [3.05, 3.63) is 23.7 Å². The number of rotatable bonds is 6. The molecule has 2 N–H and O–H groups in total. The van der Waals surface area contributed by atoms with Crippen LogP contribution in [0.2, 0.25) is 0 Å².